The Morgan fingerprint density at radius 1 is 1.16 bits per heavy atom. The fourth-order valence-corrected chi connectivity index (χ4v) is 3.12. The molecule has 0 aliphatic heterocycles. The maximum absolute atomic E-state index is 12.8. The zero-order valence-corrected chi connectivity index (χ0v) is 14.3. The van der Waals surface area contributed by atoms with Crippen molar-refractivity contribution in [2.45, 2.75) is 30.9 Å². The van der Waals surface area contributed by atoms with Gasteiger partial charge in [0, 0.05) is 11.4 Å². The molecule has 0 aliphatic rings. The van der Waals surface area contributed by atoms with Crippen molar-refractivity contribution in [1.82, 2.24) is 24.7 Å². The summed E-state index contributed by atoms with van der Waals surface area (Å²) >= 11 is 1.20. The van der Waals surface area contributed by atoms with E-state index in [2.05, 4.69) is 15.3 Å². The predicted octanol–water partition coefficient (Wildman–Crippen LogP) is 3.11. The van der Waals surface area contributed by atoms with Crippen molar-refractivity contribution in [3.05, 3.63) is 52.8 Å². The summed E-state index contributed by atoms with van der Waals surface area (Å²) in [5.41, 5.74) is 1.52. The molecule has 0 radical (unpaired) electrons. The minimum Gasteiger partial charge on any atom is -0.334 e. The Morgan fingerprint density at radius 2 is 1.92 bits per heavy atom. The van der Waals surface area contributed by atoms with Crippen molar-refractivity contribution in [2.75, 3.05) is 5.84 Å². The van der Waals surface area contributed by atoms with Gasteiger partial charge in [-0.3, -0.25) is 0 Å². The van der Waals surface area contributed by atoms with Crippen LogP contribution in [-0.2, 0) is 11.9 Å². The molecule has 2 N–H and O–H groups in total. The number of aromatic nitrogens is 5. The van der Waals surface area contributed by atoms with Gasteiger partial charge < -0.3 is 5.84 Å². The number of aryl methyl sites for hydroxylation is 2. The van der Waals surface area contributed by atoms with Crippen LogP contribution in [0, 0.1) is 13.8 Å². The highest BCUT2D eigenvalue weighted by Crippen LogP contribution is 2.31. The molecule has 10 heteroatoms. The highest BCUT2D eigenvalue weighted by molar-refractivity contribution is 7.98. The number of nitrogens with zero attached hydrogens (tertiary/aromatic N) is 5. The van der Waals surface area contributed by atoms with E-state index in [1.54, 1.807) is 10.7 Å². The van der Waals surface area contributed by atoms with E-state index in [-0.39, 0.29) is 5.75 Å². The molecular formula is C15H15F3N6S. The first-order valence-electron chi connectivity index (χ1n) is 7.29. The van der Waals surface area contributed by atoms with Crippen LogP contribution in [0.3, 0.4) is 0 Å². The van der Waals surface area contributed by atoms with Gasteiger partial charge in [-0.05, 0) is 31.5 Å². The molecule has 0 saturated carbocycles. The molecule has 25 heavy (non-hydrogen) atoms. The molecule has 1 aromatic carbocycles. The van der Waals surface area contributed by atoms with Crippen LogP contribution >= 0.6 is 11.8 Å². The van der Waals surface area contributed by atoms with Gasteiger partial charge in [0.05, 0.1) is 11.3 Å². The van der Waals surface area contributed by atoms with E-state index in [1.165, 1.54) is 22.5 Å². The van der Waals surface area contributed by atoms with Crippen LogP contribution < -0.4 is 5.84 Å². The Hall–Kier alpha value is -2.49. The maximum atomic E-state index is 12.8. The summed E-state index contributed by atoms with van der Waals surface area (Å²) in [6.07, 6.45) is -4.36. The van der Waals surface area contributed by atoms with E-state index in [1.807, 2.05) is 19.9 Å². The molecule has 2 aromatic heterocycles. The molecule has 0 atom stereocenters. The minimum atomic E-state index is -4.36. The lowest BCUT2D eigenvalue weighted by atomic mass is 10.1. The summed E-state index contributed by atoms with van der Waals surface area (Å²) in [6, 6.07) is 7.05. The van der Waals surface area contributed by atoms with Crippen molar-refractivity contribution in [2.24, 2.45) is 0 Å². The fourth-order valence-electron chi connectivity index (χ4n) is 2.33. The highest BCUT2D eigenvalue weighted by Gasteiger charge is 2.30. The number of nitrogens with two attached hydrogens (primary N) is 1. The molecule has 0 unspecified atom stereocenters. The van der Waals surface area contributed by atoms with Gasteiger partial charge in [-0.15, -0.1) is 10.2 Å². The third kappa shape index (κ3) is 3.63. The Kier molecular flexibility index (Phi) is 4.46. The quantitative estimate of drug-likeness (QED) is 0.566. The molecule has 0 bridgehead atoms. The second-order valence-corrected chi connectivity index (χ2v) is 6.42. The van der Waals surface area contributed by atoms with E-state index in [0.717, 1.165) is 23.5 Å². The Bertz CT molecular complexity index is 899. The van der Waals surface area contributed by atoms with Gasteiger partial charge in [-0.25, -0.2) is 9.36 Å². The molecule has 3 aromatic rings. The van der Waals surface area contributed by atoms with Crippen molar-refractivity contribution in [3.8, 4) is 5.95 Å². The minimum absolute atomic E-state index is 0.288. The molecule has 2 heterocycles. The first-order valence-corrected chi connectivity index (χ1v) is 8.27. The third-order valence-corrected chi connectivity index (χ3v) is 4.48. The molecule has 0 saturated heterocycles. The zero-order chi connectivity index (χ0) is 18.2. The third-order valence-electron chi connectivity index (χ3n) is 3.47. The normalized spacial score (nSPS) is 11.9. The van der Waals surface area contributed by atoms with Gasteiger partial charge in [0.2, 0.25) is 5.16 Å². The molecule has 132 valence electrons. The lowest BCUT2D eigenvalue weighted by molar-refractivity contribution is -0.137. The van der Waals surface area contributed by atoms with Crippen molar-refractivity contribution >= 4 is 11.8 Å². The molecule has 3 rings (SSSR count). The Labute approximate surface area is 145 Å². The van der Waals surface area contributed by atoms with E-state index in [9.17, 15) is 13.2 Å². The number of nitrogen functional groups attached to an aromatic ring is 1. The second-order valence-electron chi connectivity index (χ2n) is 5.48. The number of thioether (sulfide) groups is 1. The van der Waals surface area contributed by atoms with E-state index >= 15 is 0 Å². The predicted molar refractivity (Wildman–Crippen MR) is 87.8 cm³/mol. The van der Waals surface area contributed by atoms with Gasteiger partial charge in [0.25, 0.3) is 5.95 Å². The van der Waals surface area contributed by atoms with Crippen LogP contribution in [0.15, 0.2) is 35.5 Å². The summed E-state index contributed by atoms with van der Waals surface area (Å²) in [5.74, 6) is 6.64. The van der Waals surface area contributed by atoms with Gasteiger partial charge in [0.15, 0.2) is 0 Å². The van der Waals surface area contributed by atoms with Gasteiger partial charge in [-0.2, -0.15) is 18.3 Å². The maximum Gasteiger partial charge on any atom is 0.416 e. The second kappa shape index (κ2) is 6.43. The van der Waals surface area contributed by atoms with E-state index in [4.69, 9.17) is 5.84 Å². The number of hydrogen-bond donors (Lipinski definition) is 1. The van der Waals surface area contributed by atoms with Gasteiger partial charge >= 0.3 is 6.18 Å². The number of rotatable bonds is 4. The lowest BCUT2D eigenvalue weighted by Crippen LogP contribution is -2.17. The van der Waals surface area contributed by atoms with Crippen molar-refractivity contribution in [3.63, 3.8) is 0 Å². The summed E-state index contributed by atoms with van der Waals surface area (Å²) in [7, 11) is 0. The summed E-state index contributed by atoms with van der Waals surface area (Å²) in [6.45, 7) is 3.72. The topological polar surface area (TPSA) is 74.5 Å². The van der Waals surface area contributed by atoms with Gasteiger partial charge in [0.1, 0.15) is 0 Å². The summed E-state index contributed by atoms with van der Waals surface area (Å²) in [4.78, 5) is 0. The molecule has 6 nitrogen and oxygen atoms in total. The fraction of sp³-hybridized carbons (Fsp3) is 0.267. The molecule has 0 spiro atoms. The highest BCUT2D eigenvalue weighted by atomic mass is 32.2. The number of hydrogen-bond acceptors (Lipinski definition) is 5. The molecule has 0 aliphatic carbocycles. The van der Waals surface area contributed by atoms with E-state index < -0.39 is 11.7 Å². The van der Waals surface area contributed by atoms with Crippen molar-refractivity contribution in [1.29, 1.82) is 0 Å². The zero-order valence-electron chi connectivity index (χ0n) is 13.4. The average molecular weight is 368 g/mol. The van der Waals surface area contributed by atoms with Crippen molar-refractivity contribution < 1.29 is 13.2 Å². The van der Waals surface area contributed by atoms with Gasteiger partial charge in [-0.1, -0.05) is 30.0 Å². The summed E-state index contributed by atoms with van der Waals surface area (Å²) < 4.78 is 41.1. The molecule has 0 fully saturated rings. The monoisotopic (exact) mass is 368 g/mol. The summed E-state index contributed by atoms with van der Waals surface area (Å²) in [5, 5.41) is 12.7. The van der Waals surface area contributed by atoms with Crippen LogP contribution in [0.2, 0.25) is 0 Å². The lowest BCUT2D eigenvalue weighted by Gasteiger charge is -2.08. The Morgan fingerprint density at radius 3 is 2.56 bits per heavy atom. The number of halogens is 3. The van der Waals surface area contributed by atoms with Crippen LogP contribution in [0.25, 0.3) is 5.95 Å². The van der Waals surface area contributed by atoms with E-state index in [0.29, 0.717) is 16.7 Å². The van der Waals surface area contributed by atoms with Crippen LogP contribution in [0.4, 0.5) is 13.2 Å². The number of benzene rings is 1. The average Bonchev–Trinajstić information content (AvgIpc) is 3.06. The van der Waals surface area contributed by atoms with Crippen LogP contribution in [0.5, 0.6) is 0 Å². The first-order chi connectivity index (χ1) is 11.8. The Balaban J connectivity index is 1.78. The van der Waals surface area contributed by atoms with Crippen LogP contribution in [-0.4, -0.2) is 24.7 Å². The molecule has 0 amide bonds. The smallest absolute Gasteiger partial charge is 0.334 e. The standard InChI is InChI=1S/C15H15F3N6S/c1-9-6-10(2)24(22-9)13-20-21-14(23(13)19)25-8-11-4-3-5-12(7-11)15(16,17)18/h3-7H,8,19H2,1-2H3. The first kappa shape index (κ1) is 17.3. The molecular weight excluding hydrogens is 353 g/mol. The SMILES string of the molecule is Cc1cc(C)n(-c2nnc(SCc3cccc(C(F)(F)F)c3)n2N)n1. The largest absolute Gasteiger partial charge is 0.416 e. The van der Waals surface area contributed by atoms with Crippen LogP contribution in [0.1, 0.15) is 22.5 Å². The number of alkyl halides is 3.